The number of furan rings is 1. The zero-order valence-corrected chi connectivity index (χ0v) is 14.3. The van der Waals surface area contributed by atoms with Crippen LogP contribution in [0.5, 0.6) is 0 Å². The SMILES string of the molecule is O=C(c1ccoc1)N1CC2Cn3c(nn(CC4CCC4)c(=O)c3=O)C2C1. The van der Waals surface area contributed by atoms with Crippen LogP contribution in [0.3, 0.4) is 0 Å². The van der Waals surface area contributed by atoms with Crippen LogP contribution in [0.15, 0.2) is 32.6 Å². The maximum Gasteiger partial charge on any atom is 0.332 e. The molecule has 0 N–H and O–H groups in total. The number of nitrogens with zero attached hydrogens (tertiary/aromatic N) is 4. The Labute approximate surface area is 149 Å². The van der Waals surface area contributed by atoms with Gasteiger partial charge in [0.1, 0.15) is 12.1 Å². The van der Waals surface area contributed by atoms with Gasteiger partial charge in [0, 0.05) is 38.0 Å². The van der Waals surface area contributed by atoms with Gasteiger partial charge in [-0.15, -0.1) is 0 Å². The topological polar surface area (TPSA) is 90.3 Å². The van der Waals surface area contributed by atoms with Crippen molar-refractivity contribution in [3.05, 3.63) is 50.7 Å². The van der Waals surface area contributed by atoms with Crippen molar-refractivity contribution in [3.8, 4) is 0 Å². The molecular formula is C18H20N4O4. The van der Waals surface area contributed by atoms with Crippen LogP contribution in [0.4, 0.5) is 0 Å². The molecule has 0 bridgehead atoms. The van der Waals surface area contributed by atoms with E-state index >= 15 is 0 Å². The fourth-order valence-electron chi connectivity index (χ4n) is 4.37. The van der Waals surface area contributed by atoms with E-state index in [2.05, 4.69) is 5.10 Å². The van der Waals surface area contributed by atoms with Gasteiger partial charge in [-0.2, -0.15) is 5.10 Å². The first kappa shape index (κ1) is 15.6. The van der Waals surface area contributed by atoms with Crippen LogP contribution in [-0.2, 0) is 13.1 Å². The molecule has 1 saturated carbocycles. The van der Waals surface area contributed by atoms with Gasteiger partial charge in [-0.1, -0.05) is 6.42 Å². The summed E-state index contributed by atoms with van der Waals surface area (Å²) in [4.78, 5) is 39.2. The van der Waals surface area contributed by atoms with Crippen LogP contribution in [0, 0.1) is 11.8 Å². The van der Waals surface area contributed by atoms with Gasteiger partial charge in [0.05, 0.1) is 11.8 Å². The summed E-state index contributed by atoms with van der Waals surface area (Å²) in [5, 5.41) is 4.55. The minimum atomic E-state index is -0.521. The highest BCUT2D eigenvalue weighted by Gasteiger charge is 2.44. The third-order valence-electron chi connectivity index (χ3n) is 6.06. The molecule has 1 amide bonds. The number of amides is 1. The summed E-state index contributed by atoms with van der Waals surface area (Å²) in [6.07, 6.45) is 6.29. The Morgan fingerprint density at radius 2 is 2.04 bits per heavy atom. The fourth-order valence-corrected chi connectivity index (χ4v) is 4.37. The highest BCUT2D eigenvalue weighted by molar-refractivity contribution is 5.94. The number of likely N-dealkylation sites (tertiary alicyclic amines) is 1. The second kappa shape index (κ2) is 5.69. The molecule has 2 aromatic heterocycles. The first-order valence-electron chi connectivity index (χ1n) is 9.15. The van der Waals surface area contributed by atoms with Crippen molar-refractivity contribution in [1.82, 2.24) is 19.2 Å². The Morgan fingerprint density at radius 1 is 1.19 bits per heavy atom. The van der Waals surface area contributed by atoms with Gasteiger partial charge in [-0.05, 0) is 24.8 Å². The van der Waals surface area contributed by atoms with Crippen molar-refractivity contribution in [2.75, 3.05) is 13.1 Å². The van der Waals surface area contributed by atoms with Crippen molar-refractivity contribution in [2.24, 2.45) is 11.8 Å². The smallest absolute Gasteiger partial charge is 0.332 e. The molecule has 1 aliphatic carbocycles. The van der Waals surface area contributed by atoms with Gasteiger partial charge in [0.25, 0.3) is 5.91 Å². The summed E-state index contributed by atoms with van der Waals surface area (Å²) in [6.45, 7) is 2.06. The van der Waals surface area contributed by atoms with Crippen molar-refractivity contribution in [3.63, 3.8) is 0 Å². The molecule has 0 spiro atoms. The standard InChI is InChI=1S/C18H20N4O4/c23-16(12-4-5-26-10-12)20-7-13-8-21-15(14(13)9-20)19-22(18(25)17(21)24)6-11-2-1-3-11/h4-5,10-11,13-14H,1-3,6-9H2. The molecule has 26 heavy (non-hydrogen) atoms. The third kappa shape index (κ3) is 2.28. The molecule has 0 radical (unpaired) electrons. The van der Waals surface area contributed by atoms with Gasteiger partial charge in [0.2, 0.25) is 0 Å². The van der Waals surface area contributed by atoms with Crippen LogP contribution in [0.1, 0.15) is 41.4 Å². The first-order chi connectivity index (χ1) is 12.6. The predicted molar refractivity (Wildman–Crippen MR) is 90.9 cm³/mol. The molecular weight excluding hydrogens is 336 g/mol. The van der Waals surface area contributed by atoms with E-state index in [0.717, 1.165) is 12.8 Å². The number of hydrogen-bond donors (Lipinski definition) is 0. The summed E-state index contributed by atoms with van der Waals surface area (Å²) >= 11 is 0. The number of fused-ring (bicyclic) bond motifs is 3. The zero-order chi connectivity index (χ0) is 17.8. The van der Waals surface area contributed by atoms with Gasteiger partial charge in [-0.25, -0.2) is 4.68 Å². The summed E-state index contributed by atoms with van der Waals surface area (Å²) in [7, 11) is 0. The van der Waals surface area contributed by atoms with Gasteiger partial charge in [-0.3, -0.25) is 19.0 Å². The van der Waals surface area contributed by atoms with Crippen molar-refractivity contribution in [2.45, 2.75) is 38.3 Å². The van der Waals surface area contributed by atoms with E-state index in [9.17, 15) is 14.4 Å². The molecule has 2 aliphatic heterocycles. The van der Waals surface area contributed by atoms with E-state index in [4.69, 9.17) is 4.42 Å². The molecule has 3 aliphatic rings. The number of aromatic nitrogens is 3. The number of hydrogen-bond acceptors (Lipinski definition) is 5. The fraction of sp³-hybridized carbons (Fsp3) is 0.556. The highest BCUT2D eigenvalue weighted by atomic mass is 16.3. The maximum absolute atomic E-state index is 12.6. The Hall–Kier alpha value is -2.64. The monoisotopic (exact) mass is 356 g/mol. The summed E-state index contributed by atoms with van der Waals surface area (Å²) in [5.74, 6) is 1.17. The van der Waals surface area contributed by atoms with E-state index in [0.29, 0.717) is 43.5 Å². The molecule has 4 heterocycles. The van der Waals surface area contributed by atoms with Crippen LogP contribution < -0.4 is 11.1 Å². The van der Waals surface area contributed by atoms with Crippen LogP contribution in [0.25, 0.3) is 0 Å². The lowest BCUT2D eigenvalue weighted by Gasteiger charge is -2.25. The highest BCUT2D eigenvalue weighted by Crippen LogP contribution is 2.37. The predicted octanol–water partition coefficient (Wildman–Crippen LogP) is 0.667. The molecule has 2 atom stereocenters. The molecule has 8 heteroatoms. The Bertz CT molecular complexity index is 970. The van der Waals surface area contributed by atoms with Crippen molar-refractivity contribution < 1.29 is 9.21 Å². The lowest BCUT2D eigenvalue weighted by Crippen LogP contribution is -2.45. The van der Waals surface area contributed by atoms with E-state index < -0.39 is 11.1 Å². The second-order valence-electron chi connectivity index (χ2n) is 7.65. The third-order valence-corrected chi connectivity index (χ3v) is 6.06. The number of rotatable bonds is 3. The average Bonchev–Trinajstić information content (AvgIpc) is 3.30. The molecule has 2 aromatic rings. The largest absolute Gasteiger partial charge is 0.472 e. The summed E-state index contributed by atoms with van der Waals surface area (Å²) in [6, 6.07) is 1.66. The Kier molecular flexibility index (Phi) is 3.41. The maximum atomic E-state index is 12.6. The van der Waals surface area contributed by atoms with E-state index in [1.807, 2.05) is 0 Å². The Balaban J connectivity index is 1.44. The Morgan fingerprint density at radius 3 is 2.73 bits per heavy atom. The molecule has 8 nitrogen and oxygen atoms in total. The second-order valence-corrected chi connectivity index (χ2v) is 7.65. The summed E-state index contributed by atoms with van der Waals surface area (Å²) < 4.78 is 7.88. The van der Waals surface area contributed by atoms with Crippen molar-refractivity contribution >= 4 is 5.91 Å². The van der Waals surface area contributed by atoms with Gasteiger partial charge >= 0.3 is 11.1 Å². The van der Waals surface area contributed by atoms with E-state index in [-0.39, 0.29) is 17.7 Å². The first-order valence-corrected chi connectivity index (χ1v) is 9.15. The summed E-state index contributed by atoms with van der Waals surface area (Å²) in [5.41, 5.74) is -0.464. The lowest BCUT2D eigenvalue weighted by molar-refractivity contribution is 0.0782. The van der Waals surface area contributed by atoms with E-state index in [1.54, 1.807) is 11.0 Å². The number of carbonyl (C=O) groups excluding carboxylic acids is 1. The molecule has 136 valence electrons. The quantitative estimate of drug-likeness (QED) is 0.754. The molecule has 1 saturated heterocycles. The molecule has 2 unspecified atom stereocenters. The normalized spacial score (nSPS) is 24.4. The zero-order valence-electron chi connectivity index (χ0n) is 14.3. The minimum absolute atomic E-state index is 0.00629. The van der Waals surface area contributed by atoms with Crippen molar-refractivity contribution in [1.29, 1.82) is 0 Å². The lowest BCUT2D eigenvalue weighted by atomic mass is 9.85. The molecule has 5 rings (SSSR count). The van der Waals surface area contributed by atoms with Crippen LogP contribution in [-0.4, -0.2) is 38.2 Å². The molecule has 0 aromatic carbocycles. The van der Waals surface area contributed by atoms with Crippen LogP contribution in [0.2, 0.25) is 0 Å². The minimum Gasteiger partial charge on any atom is -0.472 e. The number of carbonyl (C=O) groups is 1. The van der Waals surface area contributed by atoms with Gasteiger partial charge in [0.15, 0.2) is 0 Å². The van der Waals surface area contributed by atoms with Gasteiger partial charge < -0.3 is 9.32 Å². The van der Waals surface area contributed by atoms with Crippen LogP contribution >= 0.6 is 0 Å². The van der Waals surface area contributed by atoms with E-state index in [1.165, 1.54) is 28.2 Å². The molecule has 2 fully saturated rings. The average molecular weight is 356 g/mol.